The molecule has 0 aliphatic carbocycles. The maximum Gasteiger partial charge on any atom is 0.333 e. The molecular formula is C10H13N3O2. The molecule has 0 heterocycles. The van der Waals surface area contributed by atoms with Gasteiger partial charge in [0.05, 0.1) is 32.3 Å². The summed E-state index contributed by atoms with van der Waals surface area (Å²) in [6, 6.07) is 3.90. The smallest absolute Gasteiger partial charge is 0.333 e. The minimum atomic E-state index is -0.399. The second-order valence-corrected chi connectivity index (χ2v) is 2.86. The Morgan fingerprint density at radius 1 is 1.40 bits per heavy atom. The van der Waals surface area contributed by atoms with Gasteiger partial charge in [-0.2, -0.15) is 10.5 Å². The standard InChI is InChI=1S/C10H13N3O2/c1-9(10(14)15-2)3-6-13(7-4-11)8-5-12/h3H,6-8H2,1-2H3. The van der Waals surface area contributed by atoms with Crippen LogP contribution in [0.15, 0.2) is 11.6 Å². The van der Waals surface area contributed by atoms with Crippen LogP contribution in [0.3, 0.4) is 0 Å². The number of nitriles is 2. The molecule has 0 aliphatic heterocycles. The van der Waals surface area contributed by atoms with Gasteiger partial charge in [0.1, 0.15) is 0 Å². The summed E-state index contributed by atoms with van der Waals surface area (Å²) < 4.78 is 4.51. The summed E-state index contributed by atoms with van der Waals surface area (Å²) in [4.78, 5) is 12.6. The summed E-state index contributed by atoms with van der Waals surface area (Å²) in [5.74, 6) is -0.399. The van der Waals surface area contributed by atoms with Gasteiger partial charge in [0.2, 0.25) is 0 Å². The van der Waals surface area contributed by atoms with Gasteiger partial charge in [-0.15, -0.1) is 0 Å². The Morgan fingerprint density at radius 2 is 1.93 bits per heavy atom. The highest BCUT2D eigenvalue weighted by molar-refractivity contribution is 5.87. The topological polar surface area (TPSA) is 77.1 Å². The van der Waals surface area contributed by atoms with Crippen molar-refractivity contribution in [2.24, 2.45) is 0 Å². The van der Waals surface area contributed by atoms with Crippen molar-refractivity contribution in [2.45, 2.75) is 6.92 Å². The summed E-state index contributed by atoms with van der Waals surface area (Å²) in [5, 5.41) is 16.9. The number of esters is 1. The van der Waals surface area contributed by atoms with Gasteiger partial charge in [-0.1, -0.05) is 6.08 Å². The van der Waals surface area contributed by atoms with E-state index in [1.807, 2.05) is 12.1 Å². The first-order valence-electron chi connectivity index (χ1n) is 4.37. The van der Waals surface area contributed by atoms with E-state index in [-0.39, 0.29) is 13.1 Å². The second kappa shape index (κ2) is 7.54. The van der Waals surface area contributed by atoms with Gasteiger partial charge in [0.15, 0.2) is 0 Å². The van der Waals surface area contributed by atoms with Crippen molar-refractivity contribution < 1.29 is 9.53 Å². The van der Waals surface area contributed by atoms with Crippen LogP contribution in [0.5, 0.6) is 0 Å². The Labute approximate surface area is 89.2 Å². The van der Waals surface area contributed by atoms with Gasteiger partial charge in [0.25, 0.3) is 0 Å². The van der Waals surface area contributed by atoms with Gasteiger partial charge in [-0.3, -0.25) is 4.90 Å². The van der Waals surface area contributed by atoms with E-state index >= 15 is 0 Å². The van der Waals surface area contributed by atoms with Crippen LogP contribution in [-0.4, -0.2) is 37.6 Å². The molecule has 0 saturated carbocycles. The minimum absolute atomic E-state index is 0.165. The lowest BCUT2D eigenvalue weighted by Gasteiger charge is -2.12. The molecule has 0 atom stereocenters. The average molecular weight is 207 g/mol. The van der Waals surface area contributed by atoms with Crippen LogP contribution >= 0.6 is 0 Å². The fourth-order valence-electron chi connectivity index (χ4n) is 0.895. The van der Waals surface area contributed by atoms with Crippen molar-refractivity contribution in [1.29, 1.82) is 10.5 Å². The third-order valence-electron chi connectivity index (χ3n) is 1.75. The number of ether oxygens (including phenoxy) is 1. The lowest BCUT2D eigenvalue weighted by atomic mass is 10.3. The van der Waals surface area contributed by atoms with E-state index in [0.29, 0.717) is 12.1 Å². The fourth-order valence-corrected chi connectivity index (χ4v) is 0.895. The van der Waals surface area contributed by atoms with E-state index in [4.69, 9.17) is 10.5 Å². The van der Waals surface area contributed by atoms with Crippen molar-refractivity contribution in [2.75, 3.05) is 26.7 Å². The first kappa shape index (κ1) is 13.2. The second-order valence-electron chi connectivity index (χ2n) is 2.86. The number of rotatable bonds is 5. The highest BCUT2D eigenvalue weighted by Crippen LogP contribution is 1.97. The zero-order valence-electron chi connectivity index (χ0n) is 8.86. The van der Waals surface area contributed by atoms with Crippen LogP contribution in [0.4, 0.5) is 0 Å². The van der Waals surface area contributed by atoms with E-state index in [9.17, 15) is 4.79 Å². The first-order valence-corrected chi connectivity index (χ1v) is 4.37. The molecule has 0 amide bonds. The summed E-state index contributed by atoms with van der Waals surface area (Å²) in [6.07, 6.45) is 1.64. The van der Waals surface area contributed by atoms with Crippen LogP contribution in [0.25, 0.3) is 0 Å². The Hall–Kier alpha value is -1.85. The Balaban J connectivity index is 4.26. The summed E-state index contributed by atoms with van der Waals surface area (Å²) in [5.41, 5.74) is 0.471. The molecule has 0 N–H and O–H groups in total. The third kappa shape index (κ3) is 5.45. The van der Waals surface area contributed by atoms with Crippen molar-refractivity contribution in [3.05, 3.63) is 11.6 Å². The van der Waals surface area contributed by atoms with E-state index in [2.05, 4.69) is 4.74 Å². The molecule has 0 aromatic heterocycles. The van der Waals surface area contributed by atoms with Crippen LogP contribution in [0.1, 0.15) is 6.92 Å². The lowest BCUT2D eigenvalue weighted by Crippen LogP contribution is -2.25. The zero-order valence-corrected chi connectivity index (χ0v) is 8.86. The summed E-state index contributed by atoms with van der Waals surface area (Å²) in [6.45, 7) is 2.35. The summed E-state index contributed by atoms with van der Waals surface area (Å²) in [7, 11) is 1.31. The summed E-state index contributed by atoms with van der Waals surface area (Å²) >= 11 is 0. The van der Waals surface area contributed by atoms with Gasteiger partial charge in [-0.25, -0.2) is 4.79 Å². The molecule has 0 aromatic carbocycles. The van der Waals surface area contributed by atoms with Gasteiger partial charge in [0, 0.05) is 12.1 Å². The van der Waals surface area contributed by atoms with E-state index in [1.165, 1.54) is 7.11 Å². The van der Waals surface area contributed by atoms with Crippen molar-refractivity contribution >= 4 is 5.97 Å². The van der Waals surface area contributed by atoms with E-state index in [1.54, 1.807) is 17.9 Å². The highest BCUT2D eigenvalue weighted by atomic mass is 16.5. The van der Waals surface area contributed by atoms with E-state index < -0.39 is 5.97 Å². The molecule has 0 aliphatic rings. The normalized spacial score (nSPS) is 10.6. The maximum absolute atomic E-state index is 11.0. The molecule has 0 spiro atoms. The molecule has 0 unspecified atom stereocenters. The zero-order chi connectivity index (χ0) is 11.7. The molecule has 0 fully saturated rings. The van der Waals surface area contributed by atoms with Crippen LogP contribution < -0.4 is 0 Å². The lowest BCUT2D eigenvalue weighted by molar-refractivity contribution is -0.136. The molecule has 0 radical (unpaired) electrons. The molecule has 0 aromatic rings. The maximum atomic E-state index is 11.0. The molecular weight excluding hydrogens is 194 g/mol. The largest absolute Gasteiger partial charge is 0.466 e. The number of carbonyl (C=O) groups is 1. The van der Waals surface area contributed by atoms with Crippen molar-refractivity contribution in [1.82, 2.24) is 4.90 Å². The molecule has 0 rings (SSSR count). The van der Waals surface area contributed by atoms with Gasteiger partial charge >= 0.3 is 5.97 Å². The number of carbonyl (C=O) groups excluding carboxylic acids is 1. The molecule has 5 heteroatoms. The molecule has 0 bridgehead atoms. The van der Waals surface area contributed by atoms with E-state index in [0.717, 1.165) is 0 Å². The Morgan fingerprint density at radius 3 is 2.33 bits per heavy atom. The van der Waals surface area contributed by atoms with Crippen LogP contribution in [-0.2, 0) is 9.53 Å². The van der Waals surface area contributed by atoms with Crippen molar-refractivity contribution in [3.63, 3.8) is 0 Å². The van der Waals surface area contributed by atoms with Gasteiger partial charge < -0.3 is 4.74 Å². The van der Waals surface area contributed by atoms with Gasteiger partial charge in [-0.05, 0) is 6.92 Å². The predicted molar refractivity (Wildman–Crippen MR) is 53.4 cm³/mol. The average Bonchev–Trinajstić information content (AvgIpc) is 2.25. The van der Waals surface area contributed by atoms with Crippen LogP contribution in [0.2, 0.25) is 0 Å². The first-order chi connectivity index (χ1) is 7.15. The number of nitrogens with zero attached hydrogens (tertiary/aromatic N) is 3. The fraction of sp³-hybridized carbons (Fsp3) is 0.500. The van der Waals surface area contributed by atoms with Crippen LogP contribution in [0, 0.1) is 22.7 Å². The third-order valence-corrected chi connectivity index (χ3v) is 1.75. The molecule has 5 nitrogen and oxygen atoms in total. The number of hydrogen-bond donors (Lipinski definition) is 0. The number of hydrogen-bond acceptors (Lipinski definition) is 5. The monoisotopic (exact) mass is 207 g/mol. The molecule has 0 saturated heterocycles. The quantitative estimate of drug-likeness (QED) is 0.371. The highest BCUT2D eigenvalue weighted by Gasteiger charge is 2.05. The molecule has 80 valence electrons. The van der Waals surface area contributed by atoms with Crippen molar-refractivity contribution in [3.8, 4) is 12.1 Å². The Kier molecular flexibility index (Phi) is 6.61. The molecule has 15 heavy (non-hydrogen) atoms. The minimum Gasteiger partial charge on any atom is -0.466 e. The Bertz CT molecular complexity index is 307. The predicted octanol–water partition coefficient (Wildman–Crippen LogP) is 0.455. The SMILES string of the molecule is COC(=O)C(C)=CCN(CC#N)CC#N. The number of methoxy groups -OCH3 is 1.